The van der Waals surface area contributed by atoms with Crippen molar-refractivity contribution in [2.24, 2.45) is 0 Å². The fraction of sp³-hybridized carbons (Fsp3) is 0.200. The maximum atomic E-state index is 13.7. The third-order valence-corrected chi connectivity index (χ3v) is 7.66. The van der Waals surface area contributed by atoms with E-state index in [2.05, 4.69) is 27.9 Å². The lowest BCUT2D eigenvalue weighted by Crippen LogP contribution is -2.29. The van der Waals surface area contributed by atoms with Crippen molar-refractivity contribution in [1.29, 1.82) is 0 Å². The molecular weight excluding hydrogens is 627 g/mol. The van der Waals surface area contributed by atoms with Crippen LogP contribution in [0.3, 0.4) is 0 Å². The van der Waals surface area contributed by atoms with Crippen LogP contribution in [0, 0.1) is 13.7 Å². The van der Waals surface area contributed by atoms with Crippen LogP contribution in [0.1, 0.15) is 46.8 Å². The monoisotopic (exact) mass is 652 g/mol. The van der Waals surface area contributed by atoms with Crippen molar-refractivity contribution in [3.05, 3.63) is 113 Å². The summed E-state index contributed by atoms with van der Waals surface area (Å²) in [5, 5.41) is 14.2. The predicted molar refractivity (Wildman–Crippen MR) is 156 cm³/mol. The zero-order valence-corrected chi connectivity index (χ0v) is 24.1. The van der Waals surface area contributed by atoms with Gasteiger partial charge in [-0.1, -0.05) is 24.3 Å². The molecule has 1 N–H and O–H groups in total. The molecule has 0 saturated heterocycles. The fourth-order valence-electron chi connectivity index (χ4n) is 5.06. The van der Waals surface area contributed by atoms with Crippen LogP contribution < -0.4 is 14.8 Å². The van der Waals surface area contributed by atoms with Crippen LogP contribution in [0.2, 0.25) is 0 Å². The molecule has 1 atom stereocenters. The van der Waals surface area contributed by atoms with Crippen LogP contribution in [0.15, 0.2) is 77.5 Å². The average Bonchev–Trinajstić information content (AvgIpc) is 3.22. The number of hydrogen-bond donors (Lipinski definition) is 1. The van der Waals surface area contributed by atoms with Crippen molar-refractivity contribution >= 4 is 45.7 Å². The van der Waals surface area contributed by atoms with Gasteiger partial charge in [-0.15, -0.1) is 0 Å². The zero-order valence-electron chi connectivity index (χ0n) is 21.9. The Morgan fingerprint density at radius 2 is 1.80 bits per heavy atom. The molecule has 0 aromatic heterocycles. The first-order valence-corrected chi connectivity index (χ1v) is 13.6. The smallest absolute Gasteiger partial charge is 0.336 e. The molecule has 40 heavy (non-hydrogen) atoms. The number of esters is 1. The number of rotatable bonds is 8. The van der Waals surface area contributed by atoms with Crippen molar-refractivity contribution in [2.45, 2.75) is 26.4 Å². The maximum absolute atomic E-state index is 13.7. The molecule has 0 saturated carbocycles. The average molecular weight is 652 g/mol. The minimum atomic E-state index is -0.693. The van der Waals surface area contributed by atoms with Crippen LogP contribution >= 0.6 is 22.6 Å². The van der Waals surface area contributed by atoms with Crippen LogP contribution in [0.4, 0.5) is 5.69 Å². The van der Waals surface area contributed by atoms with E-state index in [4.69, 9.17) is 14.2 Å². The zero-order chi connectivity index (χ0) is 28.6. The van der Waals surface area contributed by atoms with Gasteiger partial charge in [0.25, 0.3) is 5.69 Å². The third-order valence-electron chi connectivity index (χ3n) is 6.86. The highest BCUT2D eigenvalue weighted by Gasteiger charge is 2.43. The molecule has 0 unspecified atom stereocenters. The Labute approximate surface area is 244 Å². The fourth-order valence-corrected chi connectivity index (χ4v) is 5.84. The minimum Gasteiger partial charge on any atom is -0.493 e. The summed E-state index contributed by atoms with van der Waals surface area (Å²) in [6, 6.07) is 17.1. The summed E-state index contributed by atoms with van der Waals surface area (Å²) in [6.45, 7) is 3.90. The molecular formula is C30H25IN2O7. The number of nitrogens with one attached hydrogen (secondary N) is 1. The Hall–Kier alpha value is -4.19. The van der Waals surface area contributed by atoms with Crippen LogP contribution in [-0.4, -0.2) is 30.4 Å². The van der Waals surface area contributed by atoms with E-state index in [1.165, 1.54) is 19.2 Å². The van der Waals surface area contributed by atoms with Gasteiger partial charge in [-0.05, 0) is 71.8 Å². The molecule has 2 aliphatic rings. The Bertz CT molecular complexity index is 1610. The number of nitrogens with zero attached hydrogens (tertiary/aromatic N) is 1. The van der Waals surface area contributed by atoms with Crippen molar-refractivity contribution < 1.29 is 28.7 Å². The number of hydrogen-bond acceptors (Lipinski definition) is 8. The molecule has 0 bridgehead atoms. The van der Waals surface area contributed by atoms with Crippen molar-refractivity contribution in [2.75, 3.05) is 13.7 Å². The number of fused-ring (bicyclic) bond motifs is 2. The van der Waals surface area contributed by atoms with E-state index in [1.54, 1.807) is 38.1 Å². The summed E-state index contributed by atoms with van der Waals surface area (Å²) in [7, 11) is 1.52. The lowest BCUT2D eigenvalue weighted by molar-refractivity contribution is -0.384. The van der Waals surface area contributed by atoms with Gasteiger partial charge in [0.05, 0.1) is 33.5 Å². The number of dihydropyridines is 1. The number of allylic oxidation sites excluding steroid dienone is 2. The second-order valence-corrected chi connectivity index (χ2v) is 10.4. The number of halogens is 1. The molecule has 0 fully saturated rings. The van der Waals surface area contributed by atoms with Crippen molar-refractivity contribution in [3.63, 3.8) is 0 Å². The standard InChI is InChI=1S/C30H25IN2O7/c1-4-39-30(35)24-16(2)32-27-20-7-5-6-8-21(20)28(34)26(27)25(24)18-13-22(31)29(23(14-18)38-3)40-15-17-9-11-19(12-10-17)33(36)37/h5-14,25,32H,4,15H2,1-3H3/t25-/m1/s1. The molecule has 0 amide bonds. The number of carbonyl (C=O) groups is 2. The molecule has 1 aliphatic carbocycles. The number of carbonyl (C=O) groups excluding carboxylic acids is 2. The molecule has 1 heterocycles. The Morgan fingerprint density at radius 1 is 1.10 bits per heavy atom. The van der Waals surface area contributed by atoms with E-state index in [-0.39, 0.29) is 24.7 Å². The molecule has 10 heteroatoms. The summed E-state index contributed by atoms with van der Waals surface area (Å²) in [5.74, 6) is -0.437. The highest BCUT2D eigenvalue weighted by Crippen LogP contribution is 2.48. The topological polar surface area (TPSA) is 117 Å². The number of ketones is 1. The van der Waals surface area contributed by atoms with Crippen molar-refractivity contribution in [1.82, 2.24) is 5.32 Å². The van der Waals surface area contributed by atoms with Crippen molar-refractivity contribution in [3.8, 4) is 11.5 Å². The molecule has 0 radical (unpaired) electrons. The summed E-state index contributed by atoms with van der Waals surface area (Å²) in [6.07, 6.45) is 0. The number of Topliss-reactive ketones (excluding diaryl/α,β-unsaturated/α-hetero) is 1. The minimum absolute atomic E-state index is 0.000252. The second kappa shape index (κ2) is 11.1. The number of benzene rings is 3. The quantitative estimate of drug-likeness (QED) is 0.138. The van der Waals surface area contributed by atoms with Crippen LogP contribution in [-0.2, 0) is 16.1 Å². The number of methoxy groups -OCH3 is 1. The number of nitro groups is 1. The van der Waals surface area contributed by atoms with Gasteiger partial charge >= 0.3 is 5.97 Å². The molecule has 5 rings (SSSR count). The SMILES string of the molecule is CCOC(=O)C1=C(C)NC2=C(C(=O)c3ccccc32)[C@@H]1c1cc(I)c(OCc2ccc([N+](=O)[O-])cc2)c(OC)c1. The van der Waals surface area contributed by atoms with E-state index in [9.17, 15) is 19.7 Å². The van der Waals surface area contributed by atoms with Gasteiger partial charge in [0, 0.05) is 40.4 Å². The van der Waals surface area contributed by atoms with E-state index < -0.39 is 16.8 Å². The number of ether oxygens (including phenoxy) is 3. The maximum Gasteiger partial charge on any atom is 0.336 e. The van der Waals surface area contributed by atoms with Gasteiger partial charge in [0.15, 0.2) is 17.3 Å². The lowest BCUT2D eigenvalue weighted by Gasteiger charge is -2.30. The van der Waals surface area contributed by atoms with E-state index in [0.29, 0.717) is 48.7 Å². The lowest BCUT2D eigenvalue weighted by atomic mass is 9.79. The third kappa shape index (κ3) is 4.83. The molecule has 1 aliphatic heterocycles. The molecule has 9 nitrogen and oxygen atoms in total. The van der Waals surface area contributed by atoms with E-state index in [0.717, 1.165) is 11.1 Å². The largest absolute Gasteiger partial charge is 0.493 e. The van der Waals surface area contributed by atoms with Gasteiger partial charge in [-0.3, -0.25) is 14.9 Å². The first-order chi connectivity index (χ1) is 19.2. The van der Waals surface area contributed by atoms with Crippen LogP contribution in [0.5, 0.6) is 11.5 Å². The molecule has 3 aromatic carbocycles. The Balaban J connectivity index is 1.56. The first-order valence-electron chi connectivity index (χ1n) is 12.5. The summed E-state index contributed by atoms with van der Waals surface area (Å²) in [4.78, 5) is 37.4. The number of nitro benzene ring substituents is 1. The molecule has 3 aromatic rings. The highest BCUT2D eigenvalue weighted by atomic mass is 127. The van der Waals surface area contributed by atoms with E-state index in [1.807, 2.05) is 24.3 Å². The van der Waals surface area contributed by atoms with Gasteiger partial charge in [-0.2, -0.15) is 0 Å². The molecule has 0 spiro atoms. The van der Waals surface area contributed by atoms with Crippen LogP contribution in [0.25, 0.3) is 5.70 Å². The second-order valence-electron chi connectivity index (χ2n) is 9.23. The first kappa shape index (κ1) is 27.4. The summed E-state index contributed by atoms with van der Waals surface area (Å²) in [5.41, 5.74) is 4.93. The van der Waals surface area contributed by atoms with Gasteiger partial charge in [-0.25, -0.2) is 4.79 Å². The van der Waals surface area contributed by atoms with Gasteiger partial charge in [0.2, 0.25) is 0 Å². The summed E-state index contributed by atoms with van der Waals surface area (Å²) < 4.78 is 17.9. The number of non-ortho nitro benzene ring substituents is 1. The van der Waals surface area contributed by atoms with Gasteiger partial charge in [0.1, 0.15) is 6.61 Å². The summed E-state index contributed by atoms with van der Waals surface area (Å²) >= 11 is 2.14. The Kier molecular flexibility index (Phi) is 7.61. The highest BCUT2D eigenvalue weighted by molar-refractivity contribution is 14.1. The normalized spacial score (nSPS) is 15.8. The predicted octanol–water partition coefficient (Wildman–Crippen LogP) is 5.92. The molecule has 204 valence electrons. The Morgan fingerprint density at radius 3 is 2.45 bits per heavy atom. The van der Waals surface area contributed by atoms with E-state index >= 15 is 0 Å². The van der Waals surface area contributed by atoms with Gasteiger partial charge < -0.3 is 19.5 Å².